The fraction of sp³-hybridized carbons (Fsp3) is 0.400. The van der Waals surface area contributed by atoms with E-state index in [1.807, 2.05) is 32.2 Å². The van der Waals surface area contributed by atoms with Gasteiger partial charge in [-0.3, -0.25) is 4.79 Å². The van der Waals surface area contributed by atoms with Gasteiger partial charge in [-0.1, -0.05) is 23.0 Å². The summed E-state index contributed by atoms with van der Waals surface area (Å²) in [7, 11) is 1.90. The lowest BCUT2D eigenvalue weighted by Gasteiger charge is -2.15. The monoisotopic (exact) mass is 371 g/mol. The van der Waals surface area contributed by atoms with E-state index >= 15 is 0 Å². The van der Waals surface area contributed by atoms with Gasteiger partial charge >= 0.3 is 0 Å². The average Bonchev–Trinajstić information content (AvgIpc) is 3.25. The number of thiazole rings is 1. The van der Waals surface area contributed by atoms with Crippen LogP contribution in [0.4, 0.5) is 9.52 Å². The van der Waals surface area contributed by atoms with Gasteiger partial charge in [-0.15, -0.1) is 0 Å². The van der Waals surface area contributed by atoms with E-state index in [4.69, 9.17) is 0 Å². The summed E-state index contributed by atoms with van der Waals surface area (Å²) in [6.45, 7) is 2.86. The molecule has 26 heavy (non-hydrogen) atoms. The van der Waals surface area contributed by atoms with Gasteiger partial charge in [-0.2, -0.15) is 0 Å². The van der Waals surface area contributed by atoms with Crippen LogP contribution in [0.25, 0.3) is 15.8 Å². The number of anilines is 1. The molecular formula is C20H22FN3OS. The Labute approximate surface area is 156 Å². The molecule has 0 radical (unpaired) electrons. The first-order valence-electron chi connectivity index (χ1n) is 8.99. The van der Waals surface area contributed by atoms with Gasteiger partial charge in [0.15, 0.2) is 5.13 Å². The van der Waals surface area contributed by atoms with E-state index in [1.165, 1.54) is 11.3 Å². The average molecular weight is 371 g/mol. The lowest BCUT2D eigenvalue weighted by atomic mass is 9.92. The van der Waals surface area contributed by atoms with Gasteiger partial charge in [0.1, 0.15) is 5.83 Å². The van der Waals surface area contributed by atoms with Crippen molar-refractivity contribution < 1.29 is 9.18 Å². The number of amides is 1. The van der Waals surface area contributed by atoms with Crippen LogP contribution in [0.2, 0.25) is 0 Å². The van der Waals surface area contributed by atoms with Crippen LogP contribution in [-0.4, -0.2) is 24.5 Å². The Kier molecular flexibility index (Phi) is 4.63. The molecule has 1 aromatic heterocycles. The molecule has 1 amide bonds. The van der Waals surface area contributed by atoms with Crippen LogP contribution < -0.4 is 10.6 Å². The van der Waals surface area contributed by atoms with Crippen molar-refractivity contribution in [2.75, 3.05) is 18.9 Å². The smallest absolute Gasteiger partial charge is 0.229 e. The molecule has 1 saturated carbocycles. The first-order valence-corrected chi connectivity index (χ1v) is 9.80. The van der Waals surface area contributed by atoms with Crippen molar-refractivity contribution in [2.24, 2.45) is 11.8 Å². The van der Waals surface area contributed by atoms with Crippen molar-refractivity contribution in [2.45, 2.75) is 26.2 Å². The minimum Gasteiger partial charge on any atom is -0.319 e. The van der Waals surface area contributed by atoms with Crippen LogP contribution in [-0.2, 0) is 4.79 Å². The molecule has 2 atom stereocenters. The Morgan fingerprint density at radius 3 is 3.04 bits per heavy atom. The van der Waals surface area contributed by atoms with E-state index in [0.717, 1.165) is 47.2 Å². The summed E-state index contributed by atoms with van der Waals surface area (Å²) >= 11 is 1.44. The highest BCUT2D eigenvalue weighted by molar-refractivity contribution is 7.22. The van der Waals surface area contributed by atoms with Crippen LogP contribution >= 0.6 is 11.3 Å². The summed E-state index contributed by atoms with van der Waals surface area (Å²) < 4.78 is 15.2. The number of aromatic nitrogens is 1. The number of hydrogen-bond donors (Lipinski definition) is 2. The van der Waals surface area contributed by atoms with E-state index in [9.17, 15) is 9.18 Å². The number of rotatable bonds is 5. The zero-order valence-electron chi connectivity index (χ0n) is 14.9. The number of benzene rings is 1. The number of allylic oxidation sites excluding steroid dienone is 4. The molecule has 0 spiro atoms. The summed E-state index contributed by atoms with van der Waals surface area (Å²) in [6, 6.07) is 5.79. The number of nitrogens with one attached hydrogen (secondary N) is 2. The van der Waals surface area contributed by atoms with E-state index in [1.54, 1.807) is 6.08 Å². The van der Waals surface area contributed by atoms with Gasteiger partial charge in [-0.05, 0) is 69.5 Å². The third-order valence-corrected chi connectivity index (χ3v) is 6.08. The van der Waals surface area contributed by atoms with Crippen molar-refractivity contribution in [3.8, 4) is 0 Å². The van der Waals surface area contributed by atoms with E-state index in [0.29, 0.717) is 16.6 Å². The standard InChI is InChI=1S/C20H22FN3OS/c1-11-4-3-5-15(21)18(11)12-6-7-16-17(9-12)26-20(23-16)24-19(25)14-8-13(14)10-22-2/h5-7,9,13-14,22H,3-4,8,10H2,1-2H3,(H,23,24,25). The molecule has 2 aromatic rings. The van der Waals surface area contributed by atoms with Crippen LogP contribution in [0.3, 0.4) is 0 Å². The summed E-state index contributed by atoms with van der Waals surface area (Å²) in [5.74, 6) is 0.413. The minimum absolute atomic E-state index is 0.0457. The molecule has 0 aliphatic heterocycles. The number of hydrogen-bond acceptors (Lipinski definition) is 4. The molecule has 1 aromatic carbocycles. The molecule has 0 bridgehead atoms. The Hall–Kier alpha value is -2.05. The largest absolute Gasteiger partial charge is 0.319 e. The second-order valence-electron chi connectivity index (χ2n) is 7.10. The molecule has 6 heteroatoms. The highest BCUT2D eigenvalue weighted by atomic mass is 32.1. The predicted octanol–water partition coefficient (Wildman–Crippen LogP) is 4.51. The summed E-state index contributed by atoms with van der Waals surface area (Å²) in [6.07, 6.45) is 4.23. The Morgan fingerprint density at radius 2 is 2.27 bits per heavy atom. The third-order valence-electron chi connectivity index (χ3n) is 5.14. The maximum Gasteiger partial charge on any atom is 0.229 e. The van der Waals surface area contributed by atoms with Gasteiger partial charge in [0, 0.05) is 11.5 Å². The molecule has 4 rings (SSSR count). The number of halogens is 1. The lowest BCUT2D eigenvalue weighted by Crippen LogP contribution is -2.18. The van der Waals surface area contributed by atoms with E-state index in [2.05, 4.69) is 15.6 Å². The maximum atomic E-state index is 14.3. The third kappa shape index (κ3) is 3.31. The summed E-state index contributed by atoms with van der Waals surface area (Å²) in [4.78, 5) is 16.8. The van der Waals surface area contributed by atoms with Crippen LogP contribution in [0.5, 0.6) is 0 Å². The van der Waals surface area contributed by atoms with Crippen molar-refractivity contribution in [3.05, 3.63) is 41.2 Å². The van der Waals surface area contributed by atoms with Crippen LogP contribution in [0, 0.1) is 11.8 Å². The zero-order valence-corrected chi connectivity index (χ0v) is 15.8. The predicted molar refractivity (Wildman–Crippen MR) is 105 cm³/mol. The van der Waals surface area contributed by atoms with Gasteiger partial charge in [0.2, 0.25) is 5.91 Å². The topological polar surface area (TPSA) is 54.0 Å². The Morgan fingerprint density at radius 1 is 1.42 bits per heavy atom. The van der Waals surface area contributed by atoms with Crippen molar-refractivity contribution >= 4 is 38.2 Å². The normalized spacial score (nSPS) is 22.5. The SMILES string of the molecule is CNCC1CC1C(=O)Nc1nc2ccc(C3=C(C)CCC=C3F)cc2s1. The van der Waals surface area contributed by atoms with Crippen molar-refractivity contribution in [1.82, 2.24) is 10.3 Å². The van der Waals surface area contributed by atoms with Gasteiger partial charge < -0.3 is 10.6 Å². The first kappa shape index (κ1) is 17.4. The fourth-order valence-electron chi connectivity index (χ4n) is 3.62. The molecule has 136 valence electrons. The van der Waals surface area contributed by atoms with Gasteiger partial charge in [-0.25, -0.2) is 9.37 Å². The quantitative estimate of drug-likeness (QED) is 0.813. The zero-order chi connectivity index (χ0) is 18.3. The lowest BCUT2D eigenvalue weighted by molar-refractivity contribution is -0.117. The van der Waals surface area contributed by atoms with E-state index in [-0.39, 0.29) is 17.7 Å². The number of fused-ring (bicyclic) bond motifs is 1. The number of carbonyl (C=O) groups is 1. The summed E-state index contributed by atoms with van der Waals surface area (Å²) in [5, 5.41) is 6.67. The molecule has 2 aliphatic rings. The Balaban J connectivity index is 1.55. The number of carbonyl (C=O) groups excluding carboxylic acids is 1. The first-order chi connectivity index (χ1) is 12.6. The molecular weight excluding hydrogens is 349 g/mol. The second-order valence-corrected chi connectivity index (χ2v) is 8.13. The second kappa shape index (κ2) is 6.93. The van der Waals surface area contributed by atoms with E-state index < -0.39 is 0 Å². The highest BCUT2D eigenvalue weighted by Gasteiger charge is 2.42. The molecule has 4 nitrogen and oxygen atoms in total. The fourth-order valence-corrected chi connectivity index (χ4v) is 4.53. The van der Waals surface area contributed by atoms with Crippen molar-refractivity contribution in [3.63, 3.8) is 0 Å². The molecule has 2 N–H and O–H groups in total. The maximum absolute atomic E-state index is 14.3. The molecule has 0 saturated heterocycles. The van der Waals surface area contributed by atoms with Gasteiger partial charge in [0.25, 0.3) is 0 Å². The molecule has 1 fully saturated rings. The highest BCUT2D eigenvalue weighted by Crippen LogP contribution is 2.40. The molecule has 2 aliphatic carbocycles. The van der Waals surface area contributed by atoms with Crippen molar-refractivity contribution in [1.29, 1.82) is 0 Å². The number of nitrogens with zero attached hydrogens (tertiary/aromatic N) is 1. The molecule has 2 unspecified atom stereocenters. The van der Waals surface area contributed by atoms with Crippen LogP contribution in [0.15, 0.2) is 35.7 Å². The Bertz CT molecular complexity index is 930. The summed E-state index contributed by atoms with van der Waals surface area (Å²) in [5.41, 5.74) is 3.48. The minimum atomic E-state index is -0.143. The van der Waals surface area contributed by atoms with Crippen LogP contribution in [0.1, 0.15) is 31.7 Å². The molecule has 1 heterocycles. The van der Waals surface area contributed by atoms with Gasteiger partial charge in [0.05, 0.1) is 10.2 Å².